The minimum absolute atomic E-state index is 0.459. The van der Waals surface area contributed by atoms with E-state index < -0.39 is 6.03 Å². The molecule has 0 atom stereocenters. The van der Waals surface area contributed by atoms with Crippen molar-refractivity contribution in [2.24, 2.45) is 5.73 Å². The molecule has 0 saturated carbocycles. The van der Waals surface area contributed by atoms with Crippen LogP contribution in [0.2, 0.25) is 0 Å². The maximum absolute atomic E-state index is 11.7. The molecule has 1 rings (SSSR count). The SMILES string of the molecule is COc1cc(N(CCN(C)C)C(N)=O)cc(OC)c1OC. The summed E-state index contributed by atoms with van der Waals surface area (Å²) in [5.74, 6) is 1.42. The van der Waals surface area contributed by atoms with Gasteiger partial charge in [-0.2, -0.15) is 0 Å². The van der Waals surface area contributed by atoms with E-state index in [1.165, 1.54) is 26.2 Å². The highest BCUT2D eigenvalue weighted by atomic mass is 16.5. The normalized spacial score (nSPS) is 10.4. The van der Waals surface area contributed by atoms with Crippen LogP contribution in [-0.2, 0) is 0 Å². The monoisotopic (exact) mass is 297 g/mol. The van der Waals surface area contributed by atoms with Gasteiger partial charge in [-0.25, -0.2) is 4.79 Å². The number of hydrogen-bond donors (Lipinski definition) is 1. The highest BCUT2D eigenvalue weighted by molar-refractivity contribution is 5.91. The van der Waals surface area contributed by atoms with E-state index in [1.54, 1.807) is 12.1 Å². The van der Waals surface area contributed by atoms with Crippen LogP contribution in [0.15, 0.2) is 12.1 Å². The third kappa shape index (κ3) is 4.16. The number of primary amides is 1. The van der Waals surface area contributed by atoms with Crippen LogP contribution < -0.4 is 24.8 Å². The van der Waals surface area contributed by atoms with Crippen LogP contribution in [-0.4, -0.2) is 59.4 Å². The van der Waals surface area contributed by atoms with Gasteiger partial charge >= 0.3 is 6.03 Å². The van der Waals surface area contributed by atoms with Gasteiger partial charge in [0.05, 0.1) is 27.0 Å². The fourth-order valence-corrected chi connectivity index (χ4v) is 1.89. The van der Waals surface area contributed by atoms with Gasteiger partial charge in [-0.05, 0) is 14.1 Å². The third-order valence-electron chi connectivity index (χ3n) is 3.00. The molecule has 2 N–H and O–H groups in total. The average Bonchev–Trinajstić information content (AvgIpc) is 2.45. The Hall–Kier alpha value is -2.15. The van der Waals surface area contributed by atoms with Gasteiger partial charge in [-0.15, -0.1) is 0 Å². The van der Waals surface area contributed by atoms with Crippen molar-refractivity contribution in [3.63, 3.8) is 0 Å². The van der Waals surface area contributed by atoms with Crippen molar-refractivity contribution in [3.05, 3.63) is 12.1 Å². The summed E-state index contributed by atoms with van der Waals surface area (Å²) in [6.45, 7) is 1.14. The van der Waals surface area contributed by atoms with Gasteiger partial charge in [0, 0.05) is 25.2 Å². The lowest BCUT2D eigenvalue weighted by molar-refractivity contribution is 0.253. The molecule has 0 saturated heterocycles. The van der Waals surface area contributed by atoms with Crippen LogP contribution in [0, 0.1) is 0 Å². The Morgan fingerprint density at radius 2 is 1.57 bits per heavy atom. The molecule has 0 fully saturated rings. The smallest absolute Gasteiger partial charge is 0.319 e. The number of ether oxygens (including phenoxy) is 3. The molecule has 0 aliphatic carbocycles. The predicted octanol–water partition coefficient (Wildman–Crippen LogP) is 1.16. The topological polar surface area (TPSA) is 77.3 Å². The number of nitrogens with zero attached hydrogens (tertiary/aromatic N) is 2. The fourth-order valence-electron chi connectivity index (χ4n) is 1.89. The first kappa shape index (κ1) is 16.9. The summed E-state index contributed by atoms with van der Waals surface area (Å²) in [6.07, 6.45) is 0. The summed E-state index contributed by atoms with van der Waals surface area (Å²) < 4.78 is 15.8. The Kier molecular flexibility index (Phi) is 6.10. The average molecular weight is 297 g/mol. The van der Waals surface area contributed by atoms with Gasteiger partial charge in [-0.1, -0.05) is 0 Å². The van der Waals surface area contributed by atoms with Gasteiger partial charge < -0.3 is 24.8 Å². The van der Waals surface area contributed by atoms with Crippen molar-refractivity contribution in [3.8, 4) is 17.2 Å². The van der Waals surface area contributed by atoms with Gasteiger partial charge in [0.25, 0.3) is 0 Å². The minimum Gasteiger partial charge on any atom is -0.493 e. The van der Waals surface area contributed by atoms with Gasteiger partial charge in [0.15, 0.2) is 11.5 Å². The zero-order valence-corrected chi connectivity index (χ0v) is 13.2. The van der Waals surface area contributed by atoms with Gasteiger partial charge in [0.1, 0.15) is 0 Å². The van der Waals surface area contributed by atoms with Gasteiger partial charge in [0.2, 0.25) is 5.75 Å². The number of anilines is 1. The van der Waals surface area contributed by atoms with Crippen LogP contribution in [0.25, 0.3) is 0 Å². The van der Waals surface area contributed by atoms with E-state index in [0.29, 0.717) is 36.0 Å². The Bertz CT molecular complexity index is 466. The standard InChI is InChI=1S/C14H23N3O4/c1-16(2)6-7-17(14(15)18)10-8-11(19-3)13(21-5)12(9-10)20-4/h8-9H,6-7H2,1-5H3,(H2,15,18). The molecule has 21 heavy (non-hydrogen) atoms. The number of hydrogen-bond acceptors (Lipinski definition) is 5. The zero-order valence-electron chi connectivity index (χ0n) is 13.2. The molecule has 7 nitrogen and oxygen atoms in total. The van der Waals surface area contributed by atoms with Crippen molar-refractivity contribution in [1.82, 2.24) is 4.90 Å². The minimum atomic E-state index is -0.536. The highest BCUT2D eigenvalue weighted by Gasteiger charge is 2.19. The van der Waals surface area contributed by atoms with Crippen LogP contribution in [0.3, 0.4) is 0 Å². The molecule has 1 aromatic rings. The van der Waals surface area contributed by atoms with E-state index in [0.717, 1.165) is 0 Å². The summed E-state index contributed by atoms with van der Waals surface area (Å²) in [5.41, 5.74) is 6.06. The summed E-state index contributed by atoms with van der Waals surface area (Å²) in [4.78, 5) is 15.1. The lowest BCUT2D eigenvalue weighted by Crippen LogP contribution is -2.40. The van der Waals surface area contributed by atoms with E-state index >= 15 is 0 Å². The maximum Gasteiger partial charge on any atom is 0.319 e. The van der Waals surface area contributed by atoms with Crippen LogP contribution >= 0.6 is 0 Å². The van der Waals surface area contributed by atoms with Crippen molar-refractivity contribution < 1.29 is 19.0 Å². The van der Waals surface area contributed by atoms with Crippen molar-refractivity contribution in [2.75, 3.05) is 53.4 Å². The Morgan fingerprint density at radius 3 is 1.90 bits per heavy atom. The molecule has 0 radical (unpaired) electrons. The number of methoxy groups -OCH3 is 3. The Morgan fingerprint density at radius 1 is 1.05 bits per heavy atom. The summed E-state index contributed by atoms with van der Waals surface area (Å²) in [7, 11) is 8.42. The van der Waals surface area contributed by atoms with E-state index in [2.05, 4.69) is 0 Å². The number of amides is 2. The summed E-state index contributed by atoms with van der Waals surface area (Å²) in [6, 6.07) is 2.86. The number of carbonyl (C=O) groups is 1. The molecule has 0 unspecified atom stereocenters. The zero-order chi connectivity index (χ0) is 16.0. The summed E-state index contributed by atoms with van der Waals surface area (Å²) in [5, 5.41) is 0. The molecule has 7 heteroatoms. The molecule has 0 aliphatic heterocycles. The number of carbonyl (C=O) groups excluding carboxylic acids is 1. The molecule has 0 heterocycles. The maximum atomic E-state index is 11.7. The second kappa shape index (κ2) is 7.58. The van der Waals surface area contributed by atoms with Gasteiger partial charge in [-0.3, -0.25) is 4.90 Å². The van der Waals surface area contributed by atoms with E-state index in [1.807, 2.05) is 19.0 Å². The predicted molar refractivity (Wildman–Crippen MR) is 81.6 cm³/mol. The third-order valence-corrected chi connectivity index (χ3v) is 3.00. The van der Waals surface area contributed by atoms with Crippen molar-refractivity contribution in [2.45, 2.75) is 0 Å². The Labute approximate surface area is 125 Å². The first-order valence-electron chi connectivity index (χ1n) is 6.46. The van der Waals surface area contributed by atoms with Crippen LogP contribution in [0.1, 0.15) is 0 Å². The van der Waals surface area contributed by atoms with Crippen molar-refractivity contribution >= 4 is 11.7 Å². The first-order valence-corrected chi connectivity index (χ1v) is 6.46. The molecule has 0 aromatic heterocycles. The molecule has 118 valence electrons. The number of likely N-dealkylation sites (N-methyl/N-ethyl adjacent to an activating group) is 1. The molecular weight excluding hydrogens is 274 g/mol. The second-order valence-corrected chi connectivity index (χ2v) is 4.68. The lowest BCUT2D eigenvalue weighted by Gasteiger charge is -2.24. The van der Waals surface area contributed by atoms with E-state index in [-0.39, 0.29) is 0 Å². The first-order chi connectivity index (χ1) is 9.94. The fraction of sp³-hybridized carbons (Fsp3) is 0.500. The van der Waals surface area contributed by atoms with Crippen LogP contribution in [0.5, 0.6) is 17.2 Å². The largest absolute Gasteiger partial charge is 0.493 e. The molecule has 0 bridgehead atoms. The molecule has 0 spiro atoms. The highest BCUT2D eigenvalue weighted by Crippen LogP contribution is 2.40. The second-order valence-electron chi connectivity index (χ2n) is 4.68. The van der Waals surface area contributed by atoms with E-state index in [4.69, 9.17) is 19.9 Å². The number of benzene rings is 1. The van der Waals surface area contributed by atoms with Crippen molar-refractivity contribution in [1.29, 1.82) is 0 Å². The van der Waals surface area contributed by atoms with E-state index in [9.17, 15) is 4.79 Å². The molecule has 2 amide bonds. The Balaban J connectivity index is 3.22. The number of rotatable bonds is 7. The number of nitrogens with two attached hydrogens (primary N) is 1. The quantitative estimate of drug-likeness (QED) is 0.817. The van der Waals surface area contributed by atoms with Crippen LogP contribution in [0.4, 0.5) is 10.5 Å². The summed E-state index contributed by atoms with van der Waals surface area (Å²) >= 11 is 0. The molecule has 1 aromatic carbocycles. The molecule has 0 aliphatic rings. The number of urea groups is 1. The lowest BCUT2D eigenvalue weighted by atomic mass is 10.2. The molecular formula is C14H23N3O4.